The Morgan fingerprint density at radius 1 is 0.700 bits per heavy atom. The Balaban J connectivity index is 5.62. The molecule has 0 saturated carbocycles. The number of aliphatic imine (C=N–C) groups is 1. The molecule has 0 fully saturated rings. The third-order valence-electron chi connectivity index (χ3n) is 6.87. The van der Waals surface area contributed by atoms with Gasteiger partial charge in [-0.05, 0) is 64.0 Å². The zero-order valence-electron chi connectivity index (χ0n) is 28.3. The van der Waals surface area contributed by atoms with Gasteiger partial charge in [0.1, 0.15) is 30.2 Å². The Bertz CT molecular complexity index is 1160. The Morgan fingerprint density at radius 3 is 1.68 bits per heavy atom. The van der Waals surface area contributed by atoms with Crippen LogP contribution in [0.15, 0.2) is 4.99 Å². The van der Waals surface area contributed by atoms with Gasteiger partial charge < -0.3 is 70.2 Å². The summed E-state index contributed by atoms with van der Waals surface area (Å²) in [7, 11) is 0. The first-order valence-corrected chi connectivity index (χ1v) is 17.2. The van der Waals surface area contributed by atoms with Crippen molar-refractivity contribution in [2.45, 2.75) is 81.7 Å². The largest absolute Gasteiger partial charge is 0.480 e. The van der Waals surface area contributed by atoms with E-state index < -0.39 is 97.4 Å². The maximum Gasteiger partial charge on any atom is 0.326 e. The molecule has 21 nitrogen and oxygen atoms in total. The van der Waals surface area contributed by atoms with Crippen molar-refractivity contribution < 1.29 is 48.9 Å². The number of aliphatic carboxylic acids is 1. The predicted molar refractivity (Wildman–Crippen MR) is 184 cm³/mol. The van der Waals surface area contributed by atoms with E-state index in [1.807, 2.05) is 0 Å². The number of aliphatic hydroxyl groups excluding tert-OH is 2. The number of hydrogen-bond donors (Lipinski definition) is 13. The number of nitrogens with zero attached hydrogens (tertiary/aromatic N) is 1. The minimum atomic E-state index is -1.67. The molecule has 17 N–H and O–H groups in total. The summed E-state index contributed by atoms with van der Waals surface area (Å²) in [5.41, 5.74) is 21.6. The van der Waals surface area contributed by atoms with E-state index in [2.05, 4.69) is 36.9 Å². The number of guanidine groups is 1. The van der Waals surface area contributed by atoms with Crippen molar-refractivity contribution in [2.24, 2.45) is 27.9 Å². The normalized spacial score (nSPS) is 14.4. The molecule has 0 unspecified atom stereocenters. The van der Waals surface area contributed by atoms with Gasteiger partial charge in [0, 0.05) is 6.54 Å². The SMILES string of the molecule is CSCC[C@H](NC(=O)[C@H](C)N)C(=O)N[C@@H](CO)C(=O)N[C@@H](CO)C(=O)N[C@@H](CCCN=C(N)N)C(=O)NCC(=O)N[C@@H](CCCCN)C(=O)O. The number of thioether (sulfide) groups is 1. The third kappa shape index (κ3) is 19.1. The number of unbranched alkanes of at least 4 members (excludes halogenated alkanes) is 1. The molecule has 0 aliphatic heterocycles. The Hall–Kier alpha value is -4.25. The molecule has 0 rings (SSSR count). The number of carboxylic acids is 1. The van der Waals surface area contributed by atoms with Crippen molar-refractivity contribution in [1.29, 1.82) is 0 Å². The van der Waals surface area contributed by atoms with Crippen molar-refractivity contribution in [1.82, 2.24) is 31.9 Å². The summed E-state index contributed by atoms with van der Waals surface area (Å²) in [6.45, 7) is -0.688. The van der Waals surface area contributed by atoms with Crippen LogP contribution in [0.25, 0.3) is 0 Å². The molecule has 0 aliphatic rings. The van der Waals surface area contributed by atoms with E-state index in [0.717, 1.165) is 0 Å². The van der Waals surface area contributed by atoms with Crippen molar-refractivity contribution in [3.63, 3.8) is 0 Å². The fourth-order valence-corrected chi connectivity index (χ4v) is 4.54. The van der Waals surface area contributed by atoms with E-state index in [1.165, 1.54) is 18.7 Å². The standard InChI is InChI=1S/C28H53N11O10S/c1-15(30)22(43)36-17(8-11-50-2)24(45)38-20(14-41)26(47)39-19(13-40)25(46)37-16(7-5-10-33-28(31)32)23(44)34-12-21(42)35-18(27(48)49)6-3-4-9-29/h15-20,40-41H,3-14,29-30H2,1-2H3,(H,34,44)(H,35,42)(H,36,43)(H,37,46)(H,38,45)(H,39,47)(H,48,49)(H4,31,32,33)/t15-,16-,17-,18-,19-,20-/m0/s1. The number of carboxylic acid groups (broad SMARTS) is 1. The second-order valence-corrected chi connectivity index (χ2v) is 12.1. The first-order valence-electron chi connectivity index (χ1n) is 15.8. The van der Waals surface area contributed by atoms with Crippen LogP contribution in [-0.4, -0.2) is 144 Å². The second-order valence-electron chi connectivity index (χ2n) is 11.1. The highest BCUT2D eigenvalue weighted by atomic mass is 32.2. The van der Waals surface area contributed by atoms with Crippen LogP contribution in [0.4, 0.5) is 0 Å². The molecule has 0 bridgehead atoms. The Kier molecular flexibility index (Phi) is 23.5. The van der Waals surface area contributed by atoms with E-state index in [0.29, 0.717) is 25.1 Å². The lowest BCUT2D eigenvalue weighted by atomic mass is 10.1. The number of amides is 6. The minimum Gasteiger partial charge on any atom is -0.480 e. The van der Waals surface area contributed by atoms with E-state index in [-0.39, 0.29) is 38.2 Å². The monoisotopic (exact) mass is 735 g/mol. The summed E-state index contributed by atoms with van der Waals surface area (Å²) >= 11 is 1.40. The molecule has 0 aromatic rings. The van der Waals surface area contributed by atoms with Crippen molar-refractivity contribution in [3.05, 3.63) is 0 Å². The number of carbonyl (C=O) groups is 7. The van der Waals surface area contributed by atoms with Gasteiger partial charge in [-0.25, -0.2) is 4.79 Å². The molecule has 0 aliphatic carbocycles. The first-order chi connectivity index (χ1) is 23.6. The van der Waals surface area contributed by atoms with Crippen LogP contribution in [0.2, 0.25) is 0 Å². The lowest BCUT2D eigenvalue weighted by molar-refractivity contribution is -0.142. The molecule has 0 aromatic heterocycles. The van der Waals surface area contributed by atoms with Gasteiger partial charge in [-0.3, -0.25) is 33.8 Å². The molecule has 286 valence electrons. The summed E-state index contributed by atoms with van der Waals surface area (Å²) in [5.74, 6) is -6.22. The van der Waals surface area contributed by atoms with Crippen LogP contribution in [-0.2, 0) is 33.6 Å². The predicted octanol–water partition coefficient (Wildman–Crippen LogP) is -6.12. The van der Waals surface area contributed by atoms with Crippen LogP contribution in [0.5, 0.6) is 0 Å². The summed E-state index contributed by atoms with van der Waals surface area (Å²) in [6, 6.07) is -7.83. The highest BCUT2D eigenvalue weighted by Gasteiger charge is 2.31. The van der Waals surface area contributed by atoms with E-state index in [1.54, 1.807) is 6.26 Å². The molecule has 0 spiro atoms. The number of carbonyl (C=O) groups excluding carboxylic acids is 6. The summed E-state index contributed by atoms with van der Waals surface area (Å²) in [6.07, 6.45) is 3.17. The molecule has 22 heteroatoms. The molecule has 0 radical (unpaired) electrons. The molecule has 6 atom stereocenters. The fourth-order valence-electron chi connectivity index (χ4n) is 4.07. The van der Waals surface area contributed by atoms with Crippen LogP contribution in [0.3, 0.4) is 0 Å². The van der Waals surface area contributed by atoms with Gasteiger partial charge in [0.25, 0.3) is 0 Å². The van der Waals surface area contributed by atoms with Gasteiger partial charge >= 0.3 is 5.97 Å². The molecule has 0 aromatic carbocycles. The van der Waals surface area contributed by atoms with Crippen molar-refractivity contribution in [2.75, 3.05) is 44.9 Å². The Morgan fingerprint density at radius 2 is 1.20 bits per heavy atom. The van der Waals surface area contributed by atoms with Gasteiger partial charge in [0.2, 0.25) is 35.4 Å². The lowest BCUT2D eigenvalue weighted by Gasteiger charge is -2.25. The Labute approximate surface area is 294 Å². The maximum atomic E-state index is 13.1. The molecular formula is C28H53N11O10S. The topological polar surface area (TPSA) is 369 Å². The summed E-state index contributed by atoms with van der Waals surface area (Å²) < 4.78 is 0. The number of nitrogens with two attached hydrogens (primary N) is 4. The van der Waals surface area contributed by atoms with Gasteiger partial charge in [-0.15, -0.1) is 0 Å². The number of nitrogens with one attached hydrogen (secondary N) is 6. The van der Waals surface area contributed by atoms with Crippen LogP contribution in [0.1, 0.15) is 45.4 Å². The van der Waals surface area contributed by atoms with Crippen molar-refractivity contribution >= 4 is 59.1 Å². The van der Waals surface area contributed by atoms with Crippen LogP contribution >= 0.6 is 11.8 Å². The molecule has 0 heterocycles. The van der Waals surface area contributed by atoms with Gasteiger partial charge in [0.15, 0.2) is 5.96 Å². The van der Waals surface area contributed by atoms with Crippen LogP contribution in [0, 0.1) is 0 Å². The van der Waals surface area contributed by atoms with E-state index >= 15 is 0 Å². The lowest BCUT2D eigenvalue weighted by Crippen LogP contribution is -2.60. The quantitative estimate of drug-likeness (QED) is 0.0223. The molecule has 50 heavy (non-hydrogen) atoms. The highest BCUT2D eigenvalue weighted by molar-refractivity contribution is 7.98. The third-order valence-corrected chi connectivity index (χ3v) is 7.51. The molecule has 0 saturated heterocycles. The molecular weight excluding hydrogens is 682 g/mol. The van der Waals surface area contributed by atoms with E-state index in [4.69, 9.17) is 22.9 Å². The zero-order valence-corrected chi connectivity index (χ0v) is 29.1. The number of rotatable bonds is 26. The minimum absolute atomic E-state index is 0.0617. The first kappa shape index (κ1) is 45.8. The number of aliphatic hydroxyl groups is 2. The zero-order chi connectivity index (χ0) is 38.2. The van der Waals surface area contributed by atoms with Gasteiger partial charge in [0.05, 0.1) is 25.8 Å². The van der Waals surface area contributed by atoms with Gasteiger partial charge in [-0.1, -0.05) is 0 Å². The fraction of sp³-hybridized carbons (Fsp3) is 0.714. The van der Waals surface area contributed by atoms with Crippen LogP contribution < -0.4 is 54.8 Å². The maximum absolute atomic E-state index is 13.1. The molecule has 6 amide bonds. The summed E-state index contributed by atoms with van der Waals surface area (Å²) in [4.78, 5) is 91.7. The van der Waals surface area contributed by atoms with Crippen molar-refractivity contribution in [3.8, 4) is 0 Å². The van der Waals surface area contributed by atoms with E-state index in [9.17, 15) is 48.9 Å². The van der Waals surface area contributed by atoms with Gasteiger partial charge in [-0.2, -0.15) is 11.8 Å². The summed E-state index contributed by atoms with van der Waals surface area (Å²) in [5, 5.41) is 43.0. The highest BCUT2D eigenvalue weighted by Crippen LogP contribution is 2.04. The average Bonchev–Trinajstić information content (AvgIpc) is 3.06. The number of hydrogen-bond acceptors (Lipinski definition) is 13. The average molecular weight is 736 g/mol. The smallest absolute Gasteiger partial charge is 0.326 e. The second kappa shape index (κ2) is 25.7.